The van der Waals surface area contributed by atoms with E-state index in [2.05, 4.69) is 20.9 Å². The van der Waals surface area contributed by atoms with Gasteiger partial charge in [0.05, 0.1) is 6.61 Å². The Hall–Kier alpha value is -3.46. The zero-order valence-corrected chi connectivity index (χ0v) is 16.7. The SMILES string of the molecule is CCOC(=O)/C=C/C(=O)NC(=S)NNC(=O)C(C)Oc1ccc2ccccc2c1. The molecule has 0 spiro atoms. The van der Waals surface area contributed by atoms with Crippen molar-refractivity contribution in [3.8, 4) is 5.75 Å². The van der Waals surface area contributed by atoms with Crippen molar-refractivity contribution in [2.45, 2.75) is 20.0 Å². The fourth-order valence-corrected chi connectivity index (χ4v) is 2.39. The Morgan fingerprint density at radius 1 is 1.07 bits per heavy atom. The van der Waals surface area contributed by atoms with Crippen molar-refractivity contribution in [2.75, 3.05) is 6.61 Å². The van der Waals surface area contributed by atoms with Gasteiger partial charge in [-0.2, -0.15) is 0 Å². The van der Waals surface area contributed by atoms with Crippen molar-refractivity contribution < 1.29 is 23.9 Å². The molecule has 0 aliphatic rings. The van der Waals surface area contributed by atoms with Crippen LogP contribution in [0.5, 0.6) is 5.75 Å². The van der Waals surface area contributed by atoms with E-state index >= 15 is 0 Å². The lowest BCUT2D eigenvalue weighted by molar-refractivity contribution is -0.137. The van der Waals surface area contributed by atoms with Gasteiger partial charge in [0.15, 0.2) is 11.2 Å². The Bertz CT molecular complexity index is 945. The Kier molecular flexibility index (Phi) is 8.11. The first kappa shape index (κ1) is 21.8. The number of hydrogen-bond acceptors (Lipinski definition) is 6. The van der Waals surface area contributed by atoms with E-state index in [-0.39, 0.29) is 11.7 Å². The number of hydrazine groups is 1. The van der Waals surface area contributed by atoms with Crippen LogP contribution in [0.3, 0.4) is 0 Å². The minimum absolute atomic E-state index is 0.144. The molecule has 8 nitrogen and oxygen atoms in total. The molecule has 2 aromatic rings. The first-order chi connectivity index (χ1) is 13.9. The number of hydrogen-bond donors (Lipinski definition) is 3. The highest BCUT2D eigenvalue weighted by Gasteiger charge is 2.15. The van der Waals surface area contributed by atoms with Crippen LogP contribution in [0, 0.1) is 0 Å². The van der Waals surface area contributed by atoms with Gasteiger partial charge in [-0.05, 0) is 49.0 Å². The van der Waals surface area contributed by atoms with E-state index in [0.717, 1.165) is 22.9 Å². The molecule has 29 heavy (non-hydrogen) atoms. The monoisotopic (exact) mass is 415 g/mol. The number of amides is 2. The highest BCUT2D eigenvalue weighted by atomic mass is 32.1. The summed E-state index contributed by atoms with van der Waals surface area (Å²) in [6.07, 6.45) is 1.13. The van der Waals surface area contributed by atoms with Gasteiger partial charge in [-0.3, -0.25) is 25.8 Å². The quantitative estimate of drug-likeness (QED) is 0.286. The number of benzene rings is 2. The van der Waals surface area contributed by atoms with Crippen LogP contribution in [0.2, 0.25) is 0 Å². The first-order valence-electron chi connectivity index (χ1n) is 8.80. The van der Waals surface area contributed by atoms with Crippen LogP contribution in [0.1, 0.15) is 13.8 Å². The number of esters is 1. The van der Waals surface area contributed by atoms with Crippen molar-refractivity contribution in [1.29, 1.82) is 0 Å². The van der Waals surface area contributed by atoms with Gasteiger partial charge in [0, 0.05) is 12.2 Å². The summed E-state index contributed by atoms with van der Waals surface area (Å²) < 4.78 is 10.3. The van der Waals surface area contributed by atoms with Crippen LogP contribution in [0.4, 0.5) is 0 Å². The Morgan fingerprint density at radius 2 is 1.79 bits per heavy atom. The topological polar surface area (TPSA) is 106 Å². The molecule has 9 heteroatoms. The molecule has 0 aromatic heterocycles. The van der Waals surface area contributed by atoms with Crippen LogP contribution in [0.15, 0.2) is 54.6 Å². The molecule has 0 aliphatic carbocycles. The highest BCUT2D eigenvalue weighted by molar-refractivity contribution is 7.80. The van der Waals surface area contributed by atoms with Gasteiger partial charge in [0.25, 0.3) is 5.91 Å². The molecule has 0 saturated heterocycles. The molecule has 1 unspecified atom stereocenters. The molecular weight excluding hydrogens is 394 g/mol. The van der Waals surface area contributed by atoms with Crippen molar-refractivity contribution >= 4 is 45.9 Å². The summed E-state index contributed by atoms with van der Waals surface area (Å²) in [5, 5.41) is 4.19. The lowest BCUT2D eigenvalue weighted by Gasteiger charge is -2.16. The van der Waals surface area contributed by atoms with Crippen molar-refractivity contribution in [2.24, 2.45) is 0 Å². The summed E-state index contributed by atoms with van der Waals surface area (Å²) in [6.45, 7) is 3.43. The first-order valence-corrected chi connectivity index (χ1v) is 9.21. The Labute approximate surface area is 173 Å². The molecule has 152 valence electrons. The van der Waals surface area contributed by atoms with Gasteiger partial charge in [0.2, 0.25) is 5.91 Å². The second kappa shape index (κ2) is 10.8. The fraction of sp³-hybridized carbons (Fsp3) is 0.200. The van der Waals surface area contributed by atoms with Crippen LogP contribution in [-0.4, -0.2) is 35.6 Å². The normalized spacial score (nSPS) is 11.5. The molecule has 0 bridgehead atoms. The molecular formula is C20H21N3O5S. The van der Waals surface area contributed by atoms with E-state index in [1.54, 1.807) is 19.9 Å². The summed E-state index contributed by atoms with van der Waals surface area (Å²) in [7, 11) is 0. The Balaban J connectivity index is 1.79. The molecule has 1 atom stereocenters. The summed E-state index contributed by atoms with van der Waals surface area (Å²) in [5.41, 5.74) is 4.74. The Morgan fingerprint density at radius 3 is 2.52 bits per heavy atom. The molecule has 2 amide bonds. The summed E-state index contributed by atoms with van der Waals surface area (Å²) >= 11 is 4.90. The molecule has 0 fully saturated rings. The number of carbonyl (C=O) groups is 3. The number of nitrogens with one attached hydrogen (secondary N) is 3. The second-order valence-corrected chi connectivity index (χ2v) is 6.20. The summed E-state index contributed by atoms with van der Waals surface area (Å²) in [6, 6.07) is 13.3. The van der Waals surface area contributed by atoms with Crippen molar-refractivity contribution in [1.82, 2.24) is 16.2 Å². The fourth-order valence-electron chi connectivity index (χ4n) is 2.24. The van der Waals surface area contributed by atoms with Gasteiger partial charge < -0.3 is 9.47 Å². The lowest BCUT2D eigenvalue weighted by Crippen LogP contribution is -2.51. The molecule has 0 radical (unpaired) electrons. The predicted octanol–water partition coefficient (Wildman–Crippen LogP) is 1.75. The molecule has 2 rings (SSSR count). The van der Waals surface area contributed by atoms with Gasteiger partial charge in [-0.1, -0.05) is 30.3 Å². The minimum Gasteiger partial charge on any atom is -0.481 e. The van der Waals surface area contributed by atoms with E-state index in [0.29, 0.717) is 5.75 Å². The number of rotatable bonds is 6. The van der Waals surface area contributed by atoms with Crippen LogP contribution in [0.25, 0.3) is 10.8 Å². The highest BCUT2D eigenvalue weighted by Crippen LogP contribution is 2.21. The number of fused-ring (bicyclic) bond motifs is 1. The molecule has 3 N–H and O–H groups in total. The van der Waals surface area contributed by atoms with Crippen molar-refractivity contribution in [3.63, 3.8) is 0 Å². The van der Waals surface area contributed by atoms with E-state index in [1.807, 2.05) is 36.4 Å². The van der Waals surface area contributed by atoms with E-state index in [1.165, 1.54) is 0 Å². The zero-order valence-electron chi connectivity index (χ0n) is 15.9. The zero-order chi connectivity index (χ0) is 21.2. The lowest BCUT2D eigenvalue weighted by atomic mass is 10.1. The smallest absolute Gasteiger partial charge is 0.330 e. The largest absolute Gasteiger partial charge is 0.481 e. The van der Waals surface area contributed by atoms with Crippen LogP contribution in [-0.2, 0) is 19.1 Å². The minimum atomic E-state index is -0.814. The average Bonchev–Trinajstić information content (AvgIpc) is 2.70. The van der Waals surface area contributed by atoms with E-state index in [4.69, 9.17) is 17.0 Å². The predicted molar refractivity (Wildman–Crippen MR) is 112 cm³/mol. The number of thiocarbonyl (C=S) groups is 1. The average molecular weight is 415 g/mol. The summed E-state index contributed by atoms with van der Waals surface area (Å²) in [5.74, 6) is -1.23. The standard InChI is InChI=1S/C20H21N3O5S/c1-3-27-18(25)11-10-17(24)21-20(29)23-22-19(26)13(2)28-16-9-8-14-6-4-5-7-15(14)12-16/h4-13H,3H2,1-2H3,(H,22,26)(H2,21,23,24,29)/b11-10+. The molecule has 0 saturated carbocycles. The van der Waals surface area contributed by atoms with Crippen LogP contribution >= 0.6 is 12.2 Å². The molecule has 0 aliphatic heterocycles. The number of ether oxygens (including phenoxy) is 2. The molecule has 0 heterocycles. The maximum atomic E-state index is 12.1. The van der Waals surface area contributed by atoms with Gasteiger partial charge in [-0.15, -0.1) is 0 Å². The van der Waals surface area contributed by atoms with Gasteiger partial charge in [0.1, 0.15) is 5.75 Å². The second-order valence-electron chi connectivity index (χ2n) is 5.79. The van der Waals surface area contributed by atoms with Crippen molar-refractivity contribution in [3.05, 3.63) is 54.6 Å². The third kappa shape index (κ3) is 7.23. The number of carbonyl (C=O) groups excluding carboxylic acids is 3. The van der Waals surface area contributed by atoms with E-state index < -0.39 is 23.9 Å². The molecule has 2 aromatic carbocycles. The third-order valence-electron chi connectivity index (χ3n) is 3.60. The van der Waals surface area contributed by atoms with Gasteiger partial charge >= 0.3 is 5.97 Å². The van der Waals surface area contributed by atoms with Crippen LogP contribution < -0.4 is 20.9 Å². The maximum Gasteiger partial charge on any atom is 0.330 e. The van der Waals surface area contributed by atoms with E-state index in [9.17, 15) is 14.4 Å². The maximum absolute atomic E-state index is 12.1. The third-order valence-corrected chi connectivity index (χ3v) is 3.80. The summed E-state index contributed by atoms with van der Waals surface area (Å²) in [4.78, 5) is 34.9. The van der Waals surface area contributed by atoms with Gasteiger partial charge in [-0.25, -0.2) is 4.79 Å².